The zero-order valence-corrected chi connectivity index (χ0v) is 12.7. The van der Waals surface area contributed by atoms with E-state index >= 15 is 0 Å². The second kappa shape index (κ2) is 8.86. The number of urea groups is 1. The fourth-order valence-electron chi connectivity index (χ4n) is 1.98. The molecule has 2 N–H and O–H groups in total. The van der Waals surface area contributed by atoms with Crippen LogP contribution in [0.3, 0.4) is 0 Å². The number of carbonyl (C=O) groups is 2. The second-order valence-electron chi connectivity index (χ2n) is 4.63. The fourth-order valence-corrected chi connectivity index (χ4v) is 2.56. The average molecular weight is 301 g/mol. The van der Waals surface area contributed by atoms with Crippen LogP contribution in [-0.4, -0.2) is 77.2 Å². The van der Waals surface area contributed by atoms with Crippen LogP contribution in [0.15, 0.2) is 12.7 Å². The average Bonchev–Trinajstić information content (AvgIpc) is 2.46. The topological polar surface area (TPSA) is 72.9 Å². The van der Waals surface area contributed by atoms with Crippen molar-refractivity contribution in [2.45, 2.75) is 13.0 Å². The van der Waals surface area contributed by atoms with Crippen molar-refractivity contribution in [3.05, 3.63) is 12.7 Å². The van der Waals surface area contributed by atoms with Gasteiger partial charge in [-0.15, -0.1) is 6.58 Å². The van der Waals surface area contributed by atoms with Gasteiger partial charge in [-0.1, -0.05) is 6.08 Å². The van der Waals surface area contributed by atoms with Gasteiger partial charge in [0.15, 0.2) is 0 Å². The van der Waals surface area contributed by atoms with Crippen LogP contribution >= 0.6 is 11.8 Å². The van der Waals surface area contributed by atoms with E-state index in [4.69, 9.17) is 5.11 Å². The summed E-state index contributed by atoms with van der Waals surface area (Å²) in [7, 11) is 0. The molecule has 1 saturated heterocycles. The maximum atomic E-state index is 11.9. The van der Waals surface area contributed by atoms with Gasteiger partial charge in [0.05, 0.1) is 0 Å². The van der Waals surface area contributed by atoms with Crippen LogP contribution in [0, 0.1) is 0 Å². The summed E-state index contributed by atoms with van der Waals surface area (Å²) in [6.45, 7) is 8.31. The lowest BCUT2D eigenvalue weighted by Gasteiger charge is -2.36. The Bertz CT molecular complexity index is 344. The van der Waals surface area contributed by atoms with E-state index in [1.165, 1.54) is 0 Å². The summed E-state index contributed by atoms with van der Waals surface area (Å²) in [4.78, 5) is 26.4. The van der Waals surface area contributed by atoms with Crippen LogP contribution in [0.1, 0.15) is 6.92 Å². The summed E-state index contributed by atoms with van der Waals surface area (Å²) in [6.07, 6.45) is 1.84. The maximum Gasteiger partial charge on any atom is 0.320 e. The Hall–Kier alpha value is -1.21. The Kier molecular flexibility index (Phi) is 7.46. The third-order valence-corrected chi connectivity index (χ3v) is 4.23. The first kappa shape index (κ1) is 16.8. The third-order valence-electron chi connectivity index (χ3n) is 3.26. The quantitative estimate of drug-likeness (QED) is 0.535. The number of thioether (sulfide) groups is 1. The number of nitrogens with zero attached hydrogens (tertiary/aromatic N) is 2. The number of carbonyl (C=O) groups excluding carboxylic acids is 1. The van der Waals surface area contributed by atoms with Gasteiger partial charge in [0.2, 0.25) is 0 Å². The second-order valence-corrected chi connectivity index (χ2v) is 5.78. The van der Waals surface area contributed by atoms with E-state index in [9.17, 15) is 9.59 Å². The summed E-state index contributed by atoms with van der Waals surface area (Å²) < 4.78 is 0. The summed E-state index contributed by atoms with van der Waals surface area (Å²) in [5, 5.41) is 11.8. The SMILES string of the molecule is C=CCSCCNC(=O)N1CCN(C(C)C(=O)O)CC1. The first-order valence-electron chi connectivity index (χ1n) is 6.74. The van der Waals surface area contributed by atoms with Crippen molar-refractivity contribution in [2.75, 3.05) is 44.2 Å². The van der Waals surface area contributed by atoms with Crippen molar-refractivity contribution in [2.24, 2.45) is 0 Å². The number of piperazine rings is 1. The van der Waals surface area contributed by atoms with E-state index in [2.05, 4.69) is 11.9 Å². The molecule has 1 fully saturated rings. The smallest absolute Gasteiger partial charge is 0.320 e. The minimum Gasteiger partial charge on any atom is -0.480 e. The van der Waals surface area contributed by atoms with Gasteiger partial charge >= 0.3 is 12.0 Å². The van der Waals surface area contributed by atoms with Crippen LogP contribution in [0.25, 0.3) is 0 Å². The predicted octanol–water partition coefficient (Wildman–Crippen LogP) is 0.706. The van der Waals surface area contributed by atoms with Crippen molar-refractivity contribution in [3.63, 3.8) is 0 Å². The minimum absolute atomic E-state index is 0.0631. The Morgan fingerprint density at radius 1 is 1.40 bits per heavy atom. The Morgan fingerprint density at radius 3 is 2.60 bits per heavy atom. The molecule has 7 heteroatoms. The number of hydrogen-bond donors (Lipinski definition) is 2. The van der Waals surface area contributed by atoms with Crippen LogP contribution in [0.4, 0.5) is 4.79 Å². The number of nitrogens with one attached hydrogen (secondary N) is 1. The Labute approximate surface area is 124 Å². The number of carboxylic acid groups (broad SMARTS) is 1. The van der Waals surface area contributed by atoms with Gasteiger partial charge in [0, 0.05) is 44.2 Å². The lowest BCUT2D eigenvalue weighted by molar-refractivity contribution is -0.143. The summed E-state index contributed by atoms with van der Waals surface area (Å²) in [5.41, 5.74) is 0. The number of amides is 2. The molecule has 1 aliphatic rings. The zero-order chi connectivity index (χ0) is 15.0. The monoisotopic (exact) mass is 301 g/mol. The Balaban J connectivity index is 2.22. The zero-order valence-electron chi connectivity index (χ0n) is 11.9. The van der Waals surface area contributed by atoms with Crippen molar-refractivity contribution >= 4 is 23.8 Å². The molecule has 114 valence electrons. The molecule has 1 aliphatic heterocycles. The molecule has 1 rings (SSSR count). The molecule has 1 atom stereocenters. The van der Waals surface area contributed by atoms with E-state index in [1.54, 1.807) is 23.6 Å². The highest BCUT2D eigenvalue weighted by Gasteiger charge is 2.26. The lowest BCUT2D eigenvalue weighted by atomic mass is 10.2. The van der Waals surface area contributed by atoms with Gasteiger partial charge in [-0.25, -0.2) is 4.79 Å². The lowest BCUT2D eigenvalue weighted by Crippen LogP contribution is -2.55. The highest BCUT2D eigenvalue weighted by atomic mass is 32.2. The molecule has 0 radical (unpaired) electrons. The fraction of sp³-hybridized carbons (Fsp3) is 0.692. The van der Waals surface area contributed by atoms with Gasteiger partial charge in [-0.2, -0.15) is 11.8 Å². The number of carboxylic acids is 1. The molecule has 0 saturated carbocycles. The normalized spacial score (nSPS) is 17.6. The summed E-state index contributed by atoms with van der Waals surface area (Å²) >= 11 is 1.72. The molecule has 0 aromatic heterocycles. The van der Waals surface area contributed by atoms with Crippen molar-refractivity contribution in [1.82, 2.24) is 15.1 Å². The number of aliphatic carboxylic acids is 1. The molecule has 0 spiro atoms. The minimum atomic E-state index is -0.817. The molecule has 20 heavy (non-hydrogen) atoms. The van der Waals surface area contributed by atoms with Gasteiger partial charge < -0.3 is 15.3 Å². The molecular weight excluding hydrogens is 278 g/mol. The molecule has 6 nitrogen and oxygen atoms in total. The highest BCUT2D eigenvalue weighted by Crippen LogP contribution is 2.07. The molecule has 1 heterocycles. The van der Waals surface area contributed by atoms with Gasteiger partial charge in [-0.3, -0.25) is 9.69 Å². The molecule has 0 aromatic rings. The molecule has 0 bridgehead atoms. The van der Waals surface area contributed by atoms with E-state index in [1.807, 2.05) is 11.0 Å². The number of hydrogen-bond acceptors (Lipinski definition) is 4. The standard InChI is InChI=1S/C13H23N3O3S/c1-3-9-20-10-4-14-13(19)16-7-5-15(6-8-16)11(2)12(17)18/h3,11H,1,4-10H2,2H3,(H,14,19)(H,17,18). The predicted molar refractivity (Wildman–Crippen MR) is 81.2 cm³/mol. The molecule has 0 aromatic carbocycles. The largest absolute Gasteiger partial charge is 0.480 e. The Morgan fingerprint density at radius 2 is 2.05 bits per heavy atom. The summed E-state index contributed by atoms with van der Waals surface area (Å²) in [5.74, 6) is 0.942. The highest BCUT2D eigenvalue weighted by molar-refractivity contribution is 7.99. The molecule has 2 amide bonds. The van der Waals surface area contributed by atoms with Crippen molar-refractivity contribution < 1.29 is 14.7 Å². The van der Waals surface area contributed by atoms with Gasteiger partial charge in [-0.05, 0) is 6.92 Å². The summed E-state index contributed by atoms with van der Waals surface area (Å²) in [6, 6.07) is -0.553. The van der Waals surface area contributed by atoms with Crippen LogP contribution in [-0.2, 0) is 4.79 Å². The van der Waals surface area contributed by atoms with E-state index < -0.39 is 12.0 Å². The van der Waals surface area contributed by atoms with E-state index in [0.717, 1.165) is 11.5 Å². The first-order valence-corrected chi connectivity index (χ1v) is 7.90. The van der Waals surface area contributed by atoms with Gasteiger partial charge in [0.25, 0.3) is 0 Å². The molecule has 1 unspecified atom stereocenters. The maximum absolute atomic E-state index is 11.9. The van der Waals surface area contributed by atoms with Crippen LogP contribution < -0.4 is 5.32 Å². The van der Waals surface area contributed by atoms with Crippen LogP contribution in [0.5, 0.6) is 0 Å². The molecular formula is C13H23N3O3S. The van der Waals surface area contributed by atoms with E-state index in [-0.39, 0.29) is 6.03 Å². The number of rotatable bonds is 7. The van der Waals surface area contributed by atoms with Gasteiger partial charge in [0.1, 0.15) is 6.04 Å². The third kappa shape index (κ3) is 5.42. The van der Waals surface area contributed by atoms with Crippen molar-refractivity contribution in [1.29, 1.82) is 0 Å². The van der Waals surface area contributed by atoms with Crippen LogP contribution in [0.2, 0.25) is 0 Å². The first-order chi connectivity index (χ1) is 9.56. The van der Waals surface area contributed by atoms with E-state index in [0.29, 0.717) is 32.7 Å². The molecule has 0 aliphatic carbocycles. The van der Waals surface area contributed by atoms with Crippen molar-refractivity contribution in [3.8, 4) is 0 Å².